The van der Waals surface area contributed by atoms with Crippen molar-refractivity contribution in [1.82, 2.24) is 4.31 Å². The van der Waals surface area contributed by atoms with Crippen molar-refractivity contribution in [2.24, 2.45) is 11.7 Å². The molecule has 1 aliphatic heterocycles. The van der Waals surface area contributed by atoms with Crippen LogP contribution in [0.2, 0.25) is 0 Å². The Bertz CT molecular complexity index is 306. The van der Waals surface area contributed by atoms with Gasteiger partial charge in [-0.2, -0.15) is 0 Å². The number of nitrogens with two attached hydrogens (primary N) is 1. The Morgan fingerprint density at radius 3 is 2.81 bits per heavy atom. The van der Waals surface area contributed by atoms with Crippen LogP contribution in [0.5, 0.6) is 0 Å². The Balaban J connectivity index is 2.59. The number of sulfonamides is 1. The van der Waals surface area contributed by atoms with Crippen LogP contribution in [0.25, 0.3) is 0 Å². The van der Waals surface area contributed by atoms with Gasteiger partial charge in [0, 0.05) is 19.1 Å². The van der Waals surface area contributed by atoms with Gasteiger partial charge in [0.2, 0.25) is 10.0 Å². The van der Waals surface area contributed by atoms with Gasteiger partial charge in [-0.05, 0) is 32.1 Å². The van der Waals surface area contributed by atoms with Crippen molar-refractivity contribution < 1.29 is 12.8 Å². The Kier molecular flexibility index (Phi) is 5.14. The van der Waals surface area contributed by atoms with Crippen molar-refractivity contribution in [3.63, 3.8) is 0 Å². The van der Waals surface area contributed by atoms with Crippen LogP contribution in [0.1, 0.15) is 26.2 Å². The highest BCUT2D eigenvalue weighted by atomic mass is 32.2. The van der Waals surface area contributed by atoms with E-state index in [0.29, 0.717) is 13.1 Å². The number of rotatable bonds is 5. The molecule has 0 aromatic rings. The highest BCUT2D eigenvalue weighted by Gasteiger charge is 2.29. The predicted molar refractivity (Wildman–Crippen MR) is 62.3 cm³/mol. The molecule has 1 aliphatic rings. The van der Waals surface area contributed by atoms with E-state index in [9.17, 15) is 12.8 Å². The van der Waals surface area contributed by atoms with Crippen LogP contribution in [0.15, 0.2) is 0 Å². The SMILES string of the molecule is CC(N)C1CCCN(S(=O)(=O)CCCF)C1. The molecule has 0 spiro atoms. The second-order valence-corrected chi connectivity index (χ2v) is 6.57. The molecule has 2 atom stereocenters. The van der Waals surface area contributed by atoms with E-state index in [1.807, 2.05) is 6.92 Å². The van der Waals surface area contributed by atoms with Gasteiger partial charge in [-0.1, -0.05) is 0 Å². The molecule has 1 rings (SSSR count). The summed E-state index contributed by atoms with van der Waals surface area (Å²) in [6.45, 7) is 2.37. The van der Waals surface area contributed by atoms with Gasteiger partial charge in [-0.3, -0.25) is 4.39 Å². The molecule has 1 saturated heterocycles. The number of alkyl halides is 1. The molecule has 0 radical (unpaired) electrons. The maximum atomic E-state index is 12.0. The number of piperidine rings is 1. The summed E-state index contributed by atoms with van der Waals surface area (Å²) >= 11 is 0. The zero-order chi connectivity index (χ0) is 12.2. The van der Waals surface area contributed by atoms with Gasteiger partial charge in [0.25, 0.3) is 0 Å². The summed E-state index contributed by atoms with van der Waals surface area (Å²) in [6.07, 6.45) is 1.91. The second-order valence-electron chi connectivity index (χ2n) is 4.48. The maximum Gasteiger partial charge on any atom is 0.214 e. The Morgan fingerprint density at radius 1 is 1.56 bits per heavy atom. The highest BCUT2D eigenvalue weighted by molar-refractivity contribution is 7.89. The fourth-order valence-electron chi connectivity index (χ4n) is 2.02. The molecule has 0 bridgehead atoms. The van der Waals surface area contributed by atoms with E-state index in [2.05, 4.69) is 0 Å². The quantitative estimate of drug-likeness (QED) is 0.784. The number of nitrogens with zero attached hydrogens (tertiary/aromatic N) is 1. The first-order chi connectivity index (χ1) is 7.47. The van der Waals surface area contributed by atoms with Crippen LogP contribution in [-0.4, -0.2) is 44.3 Å². The van der Waals surface area contributed by atoms with Crippen LogP contribution in [0, 0.1) is 5.92 Å². The fourth-order valence-corrected chi connectivity index (χ4v) is 3.58. The fraction of sp³-hybridized carbons (Fsp3) is 1.00. The van der Waals surface area contributed by atoms with Crippen molar-refractivity contribution in [2.75, 3.05) is 25.5 Å². The zero-order valence-electron chi connectivity index (χ0n) is 9.73. The first-order valence-electron chi connectivity index (χ1n) is 5.76. The van der Waals surface area contributed by atoms with Crippen molar-refractivity contribution in [3.05, 3.63) is 0 Å². The van der Waals surface area contributed by atoms with Gasteiger partial charge in [0.15, 0.2) is 0 Å². The molecule has 2 unspecified atom stereocenters. The lowest BCUT2D eigenvalue weighted by Crippen LogP contribution is -2.45. The molecule has 0 amide bonds. The minimum absolute atomic E-state index is 0.0131. The Labute approximate surface area is 97.0 Å². The topological polar surface area (TPSA) is 63.4 Å². The first-order valence-corrected chi connectivity index (χ1v) is 7.37. The lowest BCUT2D eigenvalue weighted by Gasteiger charge is -2.33. The van der Waals surface area contributed by atoms with Gasteiger partial charge < -0.3 is 5.73 Å². The third kappa shape index (κ3) is 3.68. The molecule has 6 heteroatoms. The summed E-state index contributed by atoms with van der Waals surface area (Å²) < 4.78 is 37.1. The van der Waals surface area contributed by atoms with Gasteiger partial charge in [-0.25, -0.2) is 12.7 Å². The smallest absolute Gasteiger partial charge is 0.214 e. The van der Waals surface area contributed by atoms with E-state index in [1.54, 1.807) is 0 Å². The lowest BCUT2D eigenvalue weighted by molar-refractivity contribution is 0.243. The summed E-state index contributed by atoms with van der Waals surface area (Å²) in [5.74, 6) is 0.142. The number of halogens is 1. The van der Waals surface area contributed by atoms with Gasteiger partial charge in [0.05, 0.1) is 12.4 Å². The Hall–Kier alpha value is -0.200. The summed E-state index contributed by atoms with van der Waals surface area (Å²) in [5.41, 5.74) is 5.79. The van der Waals surface area contributed by atoms with Crippen LogP contribution >= 0.6 is 0 Å². The average molecular weight is 252 g/mol. The summed E-state index contributed by atoms with van der Waals surface area (Å²) in [7, 11) is -3.27. The average Bonchev–Trinajstić information content (AvgIpc) is 2.26. The minimum Gasteiger partial charge on any atom is -0.328 e. The minimum atomic E-state index is -3.27. The summed E-state index contributed by atoms with van der Waals surface area (Å²) in [6, 6.07) is 0.0131. The molecule has 4 nitrogen and oxygen atoms in total. The summed E-state index contributed by atoms with van der Waals surface area (Å²) in [5, 5.41) is 0. The first kappa shape index (κ1) is 13.9. The normalized spacial score (nSPS) is 25.6. The molecular formula is C10H21FN2O2S. The second kappa shape index (κ2) is 5.93. The van der Waals surface area contributed by atoms with Crippen LogP contribution in [-0.2, 0) is 10.0 Å². The van der Waals surface area contributed by atoms with Crippen molar-refractivity contribution >= 4 is 10.0 Å². The van der Waals surface area contributed by atoms with Crippen LogP contribution in [0.4, 0.5) is 4.39 Å². The molecule has 2 N–H and O–H groups in total. The van der Waals surface area contributed by atoms with E-state index in [-0.39, 0.29) is 24.1 Å². The largest absolute Gasteiger partial charge is 0.328 e. The Morgan fingerprint density at radius 2 is 2.25 bits per heavy atom. The zero-order valence-corrected chi connectivity index (χ0v) is 10.5. The monoisotopic (exact) mass is 252 g/mol. The van der Waals surface area contributed by atoms with Crippen LogP contribution in [0.3, 0.4) is 0 Å². The van der Waals surface area contributed by atoms with Gasteiger partial charge in [0.1, 0.15) is 0 Å². The van der Waals surface area contributed by atoms with E-state index in [1.165, 1.54) is 4.31 Å². The van der Waals surface area contributed by atoms with Crippen molar-refractivity contribution in [3.8, 4) is 0 Å². The molecular weight excluding hydrogens is 231 g/mol. The van der Waals surface area contributed by atoms with E-state index < -0.39 is 16.7 Å². The molecule has 16 heavy (non-hydrogen) atoms. The molecule has 1 fully saturated rings. The third-order valence-corrected chi connectivity index (χ3v) is 5.02. The van der Waals surface area contributed by atoms with E-state index in [0.717, 1.165) is 12.8 Å². The molecule has 0 saturated carbocycles. The van der Waals surface area contributed by atoms with Gasteiger partial charge in [-0.15, -0.1) is 0 Å². The maximum absolute atomic E-state index is 12.0. The lowest BCUT2D eigenvalue weighted by atomic mass is 9.93. The predicted octanol–water partition coefficient (Wildman–Crippen LogP) is 0.735. The van der Waals surface area contributed by atoms with E-state index in [4.69, 9.17) is 5.73 Å². The molecule has 1 heterocycles. The molecule has 0 aromatic heterocycles. The van der Waals surface area contributed by atoms with Crippen molar-refractivity contribution in [1.29, 1.82) is 0 Å². The molecule has 96 valence electrons. The molecule has 0 aliphatic carbocycles. The van der Waals surface area contributed by atoms with E-state index >= 15 is 0 Å². The standard InChI is InChI=1S/C10H21FN2O2S/c1-9(12)10-4-2-6-13(8-10)16(14,15)7-3-5-11/h9-10H,2-8,12H2,1H3. The highest BCUT2D eigenvalue weighted by Crippen LogP contribution is 2.21. The summed E-state index contributed by atoms with van der Waals surface area (Å²) in [4.78, 5) is 0. The van der Waals surface area contributed by atoms with Crippen molar-refractivity contribution in [2.45, 2.75) is 32.2 Å². The number of hydrogen-bond donors (Lipinski definition) is 1. The third-order valence-electron chi connectivity index (χ3n) is 3.09. The number of hydrogen-bond acceptors (Lipinski definition) is 3. The van der Waals surface area contributed by atoms with Gasteiger partial charge >= 0.3 is 0 Å². The molecule has 0 aromatic carbocycles. The van der Waals surface area contributed by atoms with Crippen LogP contribution < -0.4 is 5.73 Å².